The maximum Gasteiger partial charge on any atom is 0.339 e. The summed E-state index contributed by atoms with van der Waals surface area (Å²) >= 11 is 0. The van der Waals surface area contributed by atoms with Crippen LogP contribution in [0.2, 0.25) is 0 Å². The van der Waals surface area contributed by atoms with Gasteiger partial charge >= 0.3 is 5.97 Å². The van der Waals surface area contributed by atoms with Gasteiger partial charge in [-0.15, -0.1) is 0 Å². The van der Waals surface area contributed by atoms with Gasteiger partial charge in [-0.05, 0) is 20.8 Å². The second kappa shape index (κ2) is 4.37. The zero-order chi connectivity index (χ0) is 12.5. The molecule has 0 radical (unpaired) electrons. The van der Waals surface area contributed by atoms with Gasteiger partial charge in [0.05, 0.1) is 17.6 Å². The first-order valence-electron chi connectivity index (χ1n) is 4.86. The molecule has 0 aliphatic carbocycles. The molecule has 0 bridgehead atoms. The number of nitrogens with zero attached hydrogens (tertiary/aromatic N) is 2. The summed E-state index contributed by atoms with van der Waals surface area (Å²) in [6.45, 7) is 5.58. The lowest BCUT2D eigenvalue weighted by atomic mass is 10.2. The van der Waals surface area contributed by atoms with Crippen molar-refractivity contribution in [1.29, 1.82) is 0 Å². The molecule has 6 heteroatoms. The predicted octanol–water partition coefficient (Wildman–Crippen LogP) is 1.17. The van der Waals surface area contributed by atoms with Crippen LogP contribution in [-0.2, 0) is 23.6 Å². The number of hydrogen-bond donors (Lipinski definition) is 1. The van der Waals surface area contributed by atoms with Crippen LogP contribution >= 0.6 is 0 Å². The van der Waals surface area contributed by atoms with E-state index in [0.29, 0.717) is 5.69 Å². The van der Waals surface area contributed by atoms with Gasteiger partial charge < -0.3 is 5.11 Å². The first-order valence-corrected chi connectivity index (χ1v) is 6.18. The van der Waals surface area contributed by atoms with Gasteiger partial charge in [-0.25, -0.2) is 4.79 Å². The molecular formula is C10H16N2O3S. The molecule has 0 aliphatic rings. The Bertz CT molecular complexity index is 432. The van der Waals surface area contributed by atoms with Crippen LogP contribution in [-0.4, -0.2) is 29.8 Å². The standard InChI is InChI=1S/C10H16N2O3S/c1-10(2,3)16(15)6-8-7(9(13)14)5-11-12(8)4/h5H,6H2,1-4H3,(H,13,14). The Morgan fingerprint density at radius 1 is 1.56 bits per heavy atom. The molecule has 16 heavy (non-hydrogen) atoms. The number of aryl methyl sites for hydroxylation is 1. The summed E-state index contributed by atoms with van der Waals surface area (Å²) in [6, 6.07) is 0. The quantitative estimate of drug-likeness (QED) is 0.866. The van der Waals surface area contributed by atoms with E-state index in [9.17, 15) is 9.00 Å². The number of carboxylic acids is 1. The first kappa shape index (κ1) is 12.9. The van der Waals surface area contributed by atoms with Crippen LogP contribution in [0, 0.1) is 0 Å². The molecule has 0 aromatic carbocycles. The number of carbonyl (C=O) groups is 1. The average Bonchev–Trinajstić information content (AvgIpc) is 2.46. The summed E-state index contributed by atoms with van der Waals surface area (Å²) in [4.78, 5) is 10.9. The Morgan fingerprint density at radius 3 is 2.56 bits per heavy atom. The first-order chi connectivity index (χ1) is 7.23. The fraction of sp³-hybridized carbons (Fsp3) is 0.600. The van der Waals surface area contributed by atoms with E-state index in [0.717, 1.165) is 0 Å². The minimum Gasteiger partial charge on any atom is -0.478 e. The number of aromatic carboxylic acids is 1. The van der Waals surface area contributed by atoms with Crippen LogP contribution in [0.25, 0.3) is 0 Å². The molecule has 0 aliphatic heterocycles. The summed E-state index contributed by atoms with van der Waals surface area (Å²) in [5, 5.41) is 12.8. The van der Waals surface area contributed by atoms with Crippen LogP contribution in [0.1, 0.15) is 36.8 Å². The van der Waals surface area contributed by atoms with E-state index < -0.39 is 16.8 Å². The highest BCUT2D eigenvalue weighted by Crippen LogP contribution is 2.18. The van der Waals surface area contributed by atoms with E-state index in [2.05, 4.69) is 5.10 Å². The monoisotopic (exact) mass is 244 g/mol. The topological polar surface area (TPSA) is 72.2 Å². The number of rotatable bonds is 3. The van der Waals surface area contributed by atoms with Crippen molar-refractivity contribution < 1.29 is 14.1 Å². The molecule has 1 aromatic rings. The van der Waals surface area contributed by atoms with Gasteiger partial charge in [-0.1, -0.05) is 0 Å². The maximum absolute atomic E-state index is 11.9. The molecule has 5 nitrogen and oxygen atoms in total. The molecule has 90 valence electrons. The second-order valence-electron chi connectivity index (χ2n) is 4.54. The Hall–Kier alpha value is -1.17. The molecule has 0 fully saturated rings. The minimum absolute atomic E-state index is 0.125. The summed E-state index contributed by atoms with van der Waals surface area (Å²) in [5.41, 5.74) is 0.626. The lowest BCUT2D eigenvalue weighted by Crippen LogP contribution is -2.24. The smallest absolute Gasteiger partial charge is 0.339 e. The summed E-state index contributed by atoms with van der Waals surface area (Å²) in [5.74, 6) is -0.823. The molecular weight excluding hydrogens is 228 g/mol. The van der Waals surface area contributed by atoms with Crippen molar-refractivity contribution >= 4 is 16.8 Å². The van der Waals surface area contributed by atoms with Crippen molar-refractivity contribution in [2.24, 2.45) is 7.05 Å². The zero-order valence-corrected chi connectivity index (χ0v) is 10.7. The van der Waals surface area contributed by atoms with E-state index in [4.69, 9.17) is 5.11 Å². The molecule has 1 atom stereocenters. The lowest BCUT2D eigenvalue weighted by Gasteiger charge is -2.17. The zero-order valence-electron chi connectivity index (χ0n) is 9.85. The van der Waals surface area contributed by atoms with Crippen molar-refractivity contribution in [2.75, 3.05) is 0 Å². The predicted molar refractivity (Wildman–Crippen MR) is 61.8 cm³/mol. The van der Waals surface area contributed by atoms with Crippen molar-refractivity contribution in [3.05, 3.63) is 17.5 Å². The van der Waals surface area contributed by atoms with Gasteiger partial charge in [-0.3, -0.25) is 8.89 Å². The Labute approximate surface area is 96.9 Å². The highest BCUT2D eigenvalue weighted by molar-refractivity contribution is 7.85. The van der Waals surface area contributed by atoms with Crippen molar-refractivity contribution in [3.63, 3.8) is 0 Å². The lowest BCUT2D eigenvalue weighted by molar-refractivity contribution is 0.0696. The van der Waals surface area contributed by atoms with Gasteiger partial charge in [-0.2, -0.15) is 5.10 Å². The fourth-order valence-corrected chi connectivity index (χ4v) is 2.18. The summed E-state index contributed by atoms with van der Waals surface area (Å²) in [6.07, 6.45) is 1.29. The third-order valence-electron chi connectivity index (χ3n) is 2.24. The van der Waals surface area contributed by atoms with E-state index in [1.165, 1.54) is 10.9 Å². The summed E-state index contributed by atoms with van der Waals surface area (Å²) in [7, 11) is 0.526. The second-order valence-corrected chi connectivity index (χ2v) is 6.74. The van der Waals surface area contributed by atoms with Crippen LogP contribution in [0.15, 0.2) is 6.20 Å². The van der Waals surface area contributed by atoms with Gasteiger partial charge in [0, 0.05) is 22.6 Å². The SMILES string of the molecule is Cn1ncc(C(=O)O)c1CS(=O)C(C)(C)C. The third-order valence-corrected chi connectivity index (χ3v) is 4.14. The molecule has 0 spiro atoms. The van der Waals surface area contributed by atoms with Crippen LogP contribution in [0.4, 0.5) is 0 Å². The normalized spacial score (nSPS) is 13.8. The van der Waals surface area contributed by atoms with Crippen molar-refractivity contribution in [3.8, 4) is 0 Å². The fourth-order valence-electron chi connectivity index (χ4n) is 1.15. The maximum atomic E-state index is 11.9. The minimum atomic E-state index is -1.13. The molecule has 0 saturated heterocycles. The number of hydrogen-bond acceptors (Lipinski definition) is 3. The van der Waals surface area contributed by atoms with Crippen molar-refractivity contribution in [1.82, 2.24) is 9.78 Å². The van der Waals surface area contributed by atoms with Crippen LogP contribution in [0.3, 0.4) is 0 Å². The number of aromatic nitrogens is 2. The van der Waals surface area contributed by atoms with E-state index >= 15 is 0 Å². The highest BCUT2D eigenvalue weighted by atomic mass is 32.2. The molecule has 1 rings (SSSR count). The molecule has 1 unspecified atom stereocenters. The van der Waals surface area contributed by atoms with Gasteiger partial charge in [0.15, 0.2) is 0 Å². The van der Waals surface area contributed by atoms with Crippen molar-refractivity contribution in [2.45, 2.75) is 31.3 Å². The largest absolute Gasteiger partial charge is 0.478 e. The van der Waals surface area contributed by atoms with E-state index in [1.54, 1.807) is 7.05 Å². The van der Waals surface area contributed by atoms with E-state index in [-0.39, 0.29) is 16.1 Å². The van der Waals surface area contributed by atoms with E-state index in [1.807, 2.05) is 20.8 Å². The Morgan fingerprint density at radius 2 is 2.12 bits per heavy atom. The average molecular weight is 244 g/mol. The molecule has 1 heterocycles. The highest BCUT2D eigenvalue weighted by Gasteiger charge is 2.24. The summed E-state index contributed by atoms with van der Waals surface area (Å²) < 4.78 is 13.0. The third kappa shape index (κ3) is 2.69. The Kier molecular flexibility index (Phi) is 3.52. The van der Waals surface area contributed by atoms with Gasteiger partial charge in [0.2, 0.25) is 0 Å². The number of carboxylic acid groups (broad SMARTS) is 1. The van der Waals surface area contributed by atoms with Gasteiger partial charge in [0.1, 0.15) is 5.56 Å². The molecule has 0 saturated carbocycles. The molecule has 1 N–H and O–H groups in total. The van der Waals surface area contributed by atoms with Crippen LogP contribution in [0.5, 0.6) is 0 Å². The van der Waals surface area contributed by atoms with Gasteiger partial charge in [0.25, 0.3) is 0 Å². The van der Waals surface area contributed by atoms with Crippen LogP contribution < -0.4 is 0 Å². The molecule has 0 amide bonds. The molecule has 1 aromatic heterocycles. The Balaban J connectivity index is 3.02.